The molecule has 0 aromatic heterocycles. The highest BCUT2D eigenvalue weighted by Gasteiger charge is 2.22. The number of likely N-dealkylation sites (tertiary alicyclic amines) is 1. The average Bonchev–Trinajstić information content (AvgIpc) is 2.48. The molecule has 110 valence electrons. The van der Waals surface area contributed by atoms with E-state index in [2.05, 4.69) is 43.4 Å². The van der Waals surface area contributed by atoms with Crippen LogP contribution in [-0.2, 0) is 11.2 Å². The summed E-state index contributed by atoms with van der Waals surface area (Å²) in [4.78, 5) is 14.3. The molecule has 1 heterocycles. The lowest BCUT2D eigenvalue weighted by Gasteiger charge is -2.32. The maximum absolute atomic E-state index is 12.3. The van der Waals surface area contributed by atoms with Crippen LogP contribution in [0.3, 0.4) is 0 Å². The van der Waals surface area contributed by atoms with Crippen LogP contribution in [-0.4, -0.2) is 37.0 Å². The summed E-state index contributed by atoms with van der Waals surface area (Å²) in [5.41, 5.74) is 2.36. The molecule has 1 fully saturated rings. The molecule has 0 radical (unpaired) electrons. The molecule has 0 saturated carbocycles. The van der Waals surface area contributed by atoms with Crippen LogP contribution in [0.2, 0.25) is 0 Å². The van der Waals surface area contributed by atoms with E-state index in [1.54, 1.807) is 0 Å². The lowest BCUT2D eigenvalue weighted by Crippen LogP contribution is -2.41. The van der Waals surface area contributed by atoms with Crippen LogP contribution in [0.25, 0.3) is 0 Å². The molecule has 0 atom stereocenters. The van der Waals surface area contributed by atoms with Gasteiger partial charge in [-0.05, 0) is 44.3 Å². The molecule has 2 rings (SSSR count). The van der Waals surface area contributed by atoms with Crippen LogP contribution in [0.15, 0.2) is 24.3 Å². The molecule has 20 heavy (non-hydrogen) atoms. The molecule has 3 nitrogen and oxygen atoms in total. The monoisotopic (exact) mass is 274 g/mol. The van der Waals surface area contributed by atoms with Gasteiger partial charge in [-0.25, -0.2) is 0 Å². The van der Waals surface area contributed by atoms with Crippen molar-refractivity contribution in [3.8, 4) is 0 Å². The Balaban J connectivity index is 1.78. The van der Waals surface area contributed by atoms with Crippen molar-refractivity contribution >= 4 is 5.91 Å². The van der Waals surface area contributed by atoms with E-state index in [0.717, 1.165) is 50.5 Å². The number of carbonyl (C=O) groups is 1. The third-order valence-electron chi connectivity index (χ3n) is 4.13. The minimum Gasteiger partial charge on any atom is -0.342 e. The highest BCUT2D eigenvalue weighted by Crippen LogP contribution is 2.17. The Labute approximate surface area is 122 Å². The fourth-order valence-corrected chi connectivity index (χ4v) is 2.73. The zero-order valence-electron chi connectivity index (χ0n) is 12.7. The molecule has 0 unspecified atom stereocenters. The second-order valence-corrected chi connectivity index (χ2v) is 5.79. The zero-order chi connectivity index (χ0) is 14.4. The van der Waals surface area contributed by atoms with Crippen molar-refractivity contribution in [3.63, 3.8) is 0 Å². The van der Waals surface area contributed by atoms with Gasteiger partial charge in [-0.1, -0.05) is 36.8 Å². The van der Waals surface area contributed by atoms with Crippen LogP contribution in [0.5, 0.6) is 0 Å². The quantitative estimate of drug-likeness (QED) is 0.894. The summed E-state index contributed by atoms with van der Waals surface area (Å²) in [6.45, 7) is 8.17. The number of hydrogen-bond acceptors (Lipinski definition) is 2. The average molecular weight is 274 g/mol. The second kappa shape index (κ2) is 7.44. The zero-order valence-corrected chi connectivity index (χ0v) is 12.7. The molecule has 1 N–H and O–H groups in total. The van der Waals surface area contributed by atoms with Gasteiger partial charge in [-0.2, -0.15) is 0 Å². The highest BCUT2D eigenvalue weighted by atomic mass is 16.2. The molecule has 1 aliphatic heterocycles. The first kappa shape index (κ1) is 15.0. The smallest absolute Gasteiger partial charge is 0.226 e. The summed E-state index contributed by atoms with van der Waals surface area (Å²) in [5.74, 6) is 1.01. The number of rotatable bonds is 5. The summed E-state index contributed by atoms with van der Waals surface area (Å²) in [7, 11) is 0. The number of carbonyl (C=O) groups excluding carboxylic acids is 1. The van der Waals surface area contributed by atoms with Gasteiger partial charge in [-0.3, -0.25) is 4.79 Å². The van der Waals surface area contributed by atoms with Crippen LogP contribution >= 0.6 is 0 Å². The largest absolute Gasteiger partial charge is 0.342 e. The van der Waals surface area contributed by atoms with Crippen molar-refractivity contribution in [1.29, 1.82) is 0 Å². The number of benzene rings is 1. The van der Waals surface area contributed by atoms with Crippen molar-refractivity contribution in [1.82, 2.24) is 10.2 Å². The van der Waals surface area contributed by atoms with Gasteiger partial charge in [0.25, 0.3) is 0 Å². The Morgan fingerprint density at radius 3 is 2.50 bits per heavy atom. The summed E-state index contributed by atoms with van der Waals surface area (Å²) >= 11 is 0. The van der Waals surface area contributed by atoms with Crippen molar-refractivity contribution in [2.45, 2.75) is 33.1 Å². The topological polar surface area (TPSA) is 32.3 Å². The number of amides is 1. The lowest BCUT2D eigenvalue weighted by molar-refractivity contribution is -0.131. The van der Waals surface area contributed by atoms with Crippen LogP contribution < -0.4 is 5.32 Å². The third-order valence-corrected chi connectivity index (χ3v) is 4.13. The predicted molar refractivity (Wildman–Crippen MR) is 82.7 cm³/mol. The molecule has 0 spiro atoms. The van der Waals surface area contributed by atoms with E-state index in [4.69, 9.17) is 0 Å². The third kappa shape index (κ3) is 4.34. The minimum atomic E-state index is 0.274. The first-order valence-corrected chi connectivity index (χ1v) is 7.73. The molecule has 0 aliphatic carbocycles. The lowest BCUT2D eigenvalue weighted by atomic mass is 9.96. The fraction of sp³-hybridized carbons (Fsp3) is 0.588. The Hall–Kier alpha value is -1.35. The molecule has 1 amide bonds. The van der Waals surface area contributed by atoms with Gasteiger partial charge in [0.2, 0.25) is 5.91 Å². The minimum absolute atomic E-state index is 0.274. The number of nitrogens with one attached hydrogen (secondary N) is 1. The normalized spacial score (nSPS) is 16.4. The SMILES string of the molecule is CCNCC1CCN(C(=O)Cc2ccc(C)cc2)CC1. The Bertz CT molecular complexity index is 419. The maximum Gasteiger partial charge on any atom is 0.226 e. The van der Waals surface area contributed by atoms with Crippen molar-refractivity contribution in [3.05, 3.63) is 35.4 Å². The van der Waals surface area contributed by atoms with E-state index in [0.29, 0.717) is 6.42 Å². The summed E-state index contributed by atoms with van der Waals surface area (Å²) < 4.78 is 0. The van der Waals surface area contributed by atoms with E-state index in [1.807, 2.05) is 4.90 Å². The number of nitrogens with zero attached hydrogens (tertiary/aromatic N) is 1. The maximum atomic E-state index is 12.3. The molecular weight excluding hydrogens is 248 g/mol. The Morgan fingerprint density at radius 2 is 1.90 bits per heavy atom. The summed E-state index contributed by atoms with van der Waals surface area (Å²) in [5, 5.41) is 3.40. The molecular formula is C17H26N2O. The van der Waals surface area contributed by atoms with E-state index < -0.39 is 0 Å². The van der Waals surface area contributed by atoms with E-state index in [9.17, 15) is 4.79 Å². The van der Waals surface area contributed by atoms with E-state index in [-0.39, 0.29) is 5.91 Å². The van der Waals surface area contributed by atoms with Crippen LogP contribution in [0.4, 0.5) is 0 Å². The molecule has 1 aliphatic rings. The van der Waals surface area contributed by atoms with Crippen molar-refractivity contribution < 1.29 is 4.79 Å². The number of hydrogen-bond donors (Lipinski definition) is 1. The first-order valence-electron chi connectivity index (χ1n) is 7.73. The Kier molecular flexibility index (Phi) is 5.60. The molecule has 0 bridgehead atoms. The second-order valence-electron chi connectivity index (χ2n) is 5.79. The predicted octanol–water partition coefficient (Wildman–Crippen LogP) is 2.39. The number of piperidine rings is 1. The van der Waals surface area contributed by atoms with E-state index in [1.165, 1.54) is 5.56 Å². The van der Waals surface area contributed by atoms with Gasteiger partial charge < -0.3 is 10.2 Å². The summed E-state index contributed by atoms with van der Waals surface area (Å²) in [6.07, 6.45) is 2.80. The molecule has 1 aromatic rings. The highest BCUT2D eigenvalue weighted by molar-refractivity contribution is 5.78. The first-order chi connectivity index (χ1) is 9.69. The van der Waals surface area contributed by atoms with Gasteiger partial charge in [0.1, 0.15) is 0 Å². The van der Waals surface area contributed by atoms with Crippen LogP contribution in [0.1, 0.15) is 30.9 Å². The Morgan fingerprint density at radius 1 is 1.25 bits per heavy atom. The molecule has 1 saturated heterocycles. The molecule has 1 aromatic carbocycles. The van der Waals surface area contributed by atoms with Gasteiger partial charge in [0.05, 0.1) is 6.42 Å². The van der Waals surface area contributed by atoms with Gasteiger partial charge in [-0.15, -0.1) is 0 Å². The number of aryl methyl sites for hydroxylation is 1. The van der Waals surface area contributed by atoms with E-state index >= 15 is 0 Å². The van der Waals surface area contributed by atoms with Crippen LogP contribution in [0, 0.1) is 12.8 Å². The molecule has 3 heteroatoms. The van der Waals surface area contributed by atoms with Crippen molar-refractivity contribution in [2.24, 2.45) is 5.92 Å². The summed E-state index contributed by atoms with van der Waals surface area (Å²) in [6, 6.07) is 8.27. The van der Waals surface area contributed by atoms with Crippen molar-refractivity contribution in [2.75, 3.05) is 26.2 Å². The van der Waals surface area contributed by atoms with Gasteiger partial charge >= 0.3 is 0 Å². The van der Waals surface area contributed by atoms with Gasteiger partial charge in [0.15, 0.2) is 0 Å². The van der Waals surface area contributed by atoms with Gasteiger partial charge in [0, 0.05) is 13.1 Å². The standard InChI is InChI=1S/C17H26N2O/c1-3-18-13-16-8-10-19(11-9-16)17(20)12-15-6-4-14(2)5-7-15/h4-7,16,18H,3,8-13H2,1-2H3. The fourth-order valence-electron chi connectivity index (χ4n) is 2.73.